The van der Waals surface area contributed by atoms with Gasteiger partial charge in [0.1, 0.15) is 0 Å². The first kappa shape index (κ1) is 15.5. The number of likely N-dealkylation sites (tertiary alicyclic amines) is 1. The van der Waals surface area contributed by atoms with E-state index in [-0.39, 0.29) is 18.1 Å². The second-order valence-corrected chi connectivity index (χ2v) is 6.30. The molecule has 6 nitrogen and oxygen atoms in total. The summed E-state index contributed by atoms with van der Waals surface area (Å²) in [7, 11) is 1.61. The molecule has 6 heteroatoms. The van der Waals surface area contributed by atoms with E-state index in [4.69, 9.17) is 0 Å². The number of carbonyl (C=O) groups is 2. The van der Waals surface area contributed by atoms with Crippen LogP contribution in [0.15, 0.2) is 42.2 Å². The fraction of sp³-hybridized carbons (Fsp3) is 0.263. The van der Waals surface area contributed by atoms with Gasteiger partial charge in [0, 0.05) is 26.3 Å². The molecule has 2 aliphatic heterocycles. The lowest BCUT2D eigenvalue weighted by atomic mass is 10.0. The standard InChI is InChI=1S/C19H18N4O2/c1-22-16(17(24)11-18(22)25)10-15-6-8-20-19(21-15)23-9-7-13-4-2-3-5-14(13)12-23/h2-6,8,10H,7,9,11-12H2,1H3/b16-10-. The minimum absolute atomic E-state index is 0.0663. The van der Waals surface area contributed by atoms with E-state index in [0.717, 1.165) is 19.5 Å². The molecule has 0 aliphatic carbocycles. The van der Waals surface area contributed by atoms with Crippen LogP contribution in [0.5, 0.6) is 0 Å². The van der Waals surface area contributed by atoms with E-state index in [1.165, 1.54) is 16.0 Å². The Morgan fingerprint density at radius 2 is 1.92 bits per heavy atom. The van der Waals surface area contributed by atoms with E-state index in [9.17, 15) is 9.59 Å². The van der Waals surface area contributed by atoms with Crippen molar-refractivity contribution < 1.29 is 9.59 Å². The molecular formula is C19H18N4O2. The van der Waals surface area contributed by atoms with E-state index in [1.807, 2.05) is 6.07 Å². The van der Waals surface area contributed by atoms with Gasteiger partial charge >= 0.3 is 0 Å². The Bertz CT molecular complexity index is 890. The lowest BCUT2D eigenvalue weighted by molar-refractivity contribution is -0.126. The Hall–Kier alpha value is -3.02. The van der Waals surface area contributed by atoms with Gasteiger partial charge in [-0.15, -0.1) is 0 Å². The topological polar surface area (TPSA) is 66.4 Å². The Kier molecular flexibility index (Phi) is 3.80. The number of amides is 1. The predicted octanol–water partition coefficient (Wildman–Crippen LogP) is 1.81. The molecule has 1 aromatic carbocycles. The van der Waals surface area contributed by atoms with Crippen LogP contribution in [0.2, 0.25) is 0 Å². The highest BCUT2D eigenvalue weighted by Gasteiger charge is 2.30. The molecule has 126 valence electrons. The van der Waals surface area contributed by atoms with Crippen LogP contribution in [0.3, 0.4) is 0 Å². The fourth-order valence-corrected chi connectivity index (χ4v) is 3.25. The number of aromatic nitrogens is 2. The third-order valence-electron chi connectivity index (χ3n) is 4.70. The monoisotopic (exact) mass is 334 g/mol. The third kappa shape index (κ3) is 2.91. The van der Waals surface area contributed by atoms with Crippen LogP contribution in [0, 0.1) is 0 Å². The number of fused-ring (bicyclic) bond motifs is 1. The van der Waals surface area contributed by atoms with Crippen LogP contribution < -0.4 is 4.90 Å². The maximum absolute atomic E-state index is 11.9. The minimum atomic E-state index is -0.182. The second-order valence-electron chi connectivity index (χ2n) is 6.30. The number of anilines is 1. The molecule has 0 N–H and O–H groups in total. The Morgan fingerprint density at radius 3 is 2.68 bits per heavy atom. The maximum atomic E-state index is 11.9. The van der Waals surface area contributed by atoms with Crippen molar-refractivity contribution in [1.82, 2.24) is 14.9 Å². The van der Waals surface area contributed by atoms with Crippen molar-refractivity contribution in [3.05, 3.63) is 59.0 Å². The highest BCUT2D eigenvalue weighted by Crippen LogP contribution is 2.23. The average Bonchev–Trinajstić information content (AvgIpc) is 2.88. The number of likely N-dealkylation sites (N-methyl/N-ethyl adjacent to an activating group) is 1. The van der Waals surface area contributed by atoms with Crippen molar-refractivity contribution in [2.75, 3.05) is 18.5 Å². The first-order valence-electron chi connectivity index (χ1n) is 8.28. The molecule has 0 atom stereocenters. The van der Waals surface area contributed by atoms with E-state index >= 15 is 0 Å². The van der Waals surface area contributed by atoms with E-state index < -0.39 is 0 Å². The molecular weight excluding hydrogens is 316 g/mol. The maximum Gasteiger partial charge on any atom is 0.234 e. The highest BCUT2D eigenvalue weighted by molar-refractivity contribution is 6.16. The zero-order valence-electron chi connectivity index (χ0n) is 14.0. The Balaban J connectivity index is 1.61. The van der Waals surface area contributed by atoms with E-state index in [2.05, 4.69) is 33.1 Å². The van der Waals surface area contributed by atoms with Gasteiger partial charge < -0.3 is 9.80 Å². The summed E-state index contributed by atoms with van der Waals surface area (Å²) >= 11 is 0. The van der Waals surface area contributed by atoms with Crippen LogP contribution in [-0.2, 0) is 22.6 Å². The molecule has 2 aliphatic rings. The summed E-state index contributed by atoms with van der Waals surface area (Å²) in [6.07, 6.45) is 4.25. The van der Waals surface area contributed by atoms with Crippen LogP contribution >= 0.6 is 0 Å². The third-order valence-corrected chi connectivity index (χ3v) is 4.70. The number of nitrogens with zero attached hydrogens (tertiary/aromatic N) is 4. The fourth-order valence-electron chi connectivity index (χ4n) is 3.25. The van der Waals surface area contributed by atoms with Crippen LogP contribution in [-0.4, -0.2) is 40.2 Å². The van der Waals surface area contributed by atoms with E-state index in [1.54, 1.807) is 25.4 Å². The number of hydrogen-bond acceptors (Lipinski definition) is 5. The van der Waals surface area contributed by atoms with Crippen molar-refractivity contribution in [2.45, 2.75) is 19.4 Å². The van der Waals surface area contributed by atoms with Gasteiger partial charge in [0.25, 0.3) is 0 Å². The summed E-state index contributed by atoms with van der Waals surface area (Å²) < 4.78 is 0. The lowest BCUT2D eigenvalue weighted by Gasteiger charge is -2.28. The molecule has 4 rings (SSSR count). The van der Waals surface area contributed by atoms with Gasteiger partial charge in [-0.2, -0.15) is 0 Å². The number of ketones is 1. The van der Waals surface area contributed by atoms with Gasteiger partial charge in [-0.3, -0.25) is 9.59 Å². The van der Waals surface area contributed by atoms with Crippen LogP contribution in [0.4, 0.5) is 5.95 Å². The van der Waals surface area contributed by atoms with Gasteiger partial charge in [0.2, 0.25) is 11.9 Å². The normalized spacial score (nSPS) is 18.8. The largest absolute Gasteiger partial charge is 0.336 e. The van der Waals surface area contributed by atoms with Crippen molar-refractivity contribution in [3.8, 4) is 0 Å². The van der Waals surface area contributed by atoms with Gasteiger partial charge in [-0.05, 0) is 29.7 Å². The minimum Gasteiger partial charge on any atom is -0.336 e. The predicted molar refractivity (Wildman–Crippen MR) is 93.6 cm³/mol. The number of carbonyl (C=O) groups excluding carboxylic acids is 2. The van der Waals surface area contributed by atoms with Gasteiger partial charge in [-0.1, -0.05) is 24.3 Å². The van der Waals surface area contributed by atoms with Crippen molar-refractivity contribution >= 4 is 23.7 Å². The first-order chi connectivity index (χ1) is 12.1. The summed E-state index contributed by atoms with van der Waals surface area (Å²) in [4.78, 5) is 36.1. The molecule has 3 heterocycles. The van der Waals surface area contributed by atoms with Crippen molar-refractivity contribution in [1.29, 1.82) is 0 Å². The van der Waals surface area contributed by atoms with E-state index in [0.29, 0.717) is 17.3 Å². The molecule has 25 heavy (non-hydrogen) atoms. The Morgan fingerprint density at radius 1 is 1.12 bits per heavy atom. The zero-order valence-corrected chi connectivity index (χ0v) is 14.0. The molecule has 0 radical (unpaired) electrons. The molecule has 0 saturated carbocycles. The number of Topliss-reactive ketones (excluding diaryl/α,β-unsaturated/α-hetero) is 1. The zero-order chi connectivity index (χ0) is 17.4. The summed E-state index contributed by atoms with van der Waals surface area (Å²) in [6, 6.07) is 10.1. The lowest BCUT2D eigenvalue weighted by Crippen LogP contribution is -2.31. The quantitative estimate of drug-likeness (QED) is 0.619. The summed E-state index contributed by atoms with van der Waals surface area (Å²) in [5, 5.41) is 0. The molecule has 2 aromatic rings. The second kappa shape index (κ2) is 6.12. The van der Waals surface area contributed by atoms with Crippen molar-refractivity contribution in [3.63, 3.8) is 0 Å². The van der Waals surface area contributed by atoms with Gasteiger partial charge in [0.05, 0.1) is 17.8 Å². The highest BCUT2D eigenvalue weighted by atomic mass is 16.2. The number of allylic oxidation sites excluding steroid dienone is 1. The molecule has 1 amide bonds. The SMILES string of the molecule is CN1C(=O)CC(=O)/C1=C/c1ccnc(N2CCc3ccccc3C2)n1. The van der Waals surface area contributed by atoms with Crippen LogP contribution in [0.1, 0.15) is 23.2 Å². The van der Waals surface area contributed by atoms with Gasteiger partial charge in [0.15, 0.2) is 5.78 Å². The van der Waals surface area contributed by atoms with Crippen molar-refractivity contribution in [2.24, 2.45) is 0 Å². The number of benzene rings is 1. The molecule has 0 unspecified atom stereocenters. The molecule has 1 aromatic heterocycles. The number of rotatable bonds is 2. The Labute approximate surface area is 145 Å². The summed E-state index contributed by atoms with van der Waals surface area (Å²) in [6.45, 7) is 1.63. The number of hydrogen-bond donors (Lipinski definition) is 0. The first-order valence-corrected chi connectivity index (χ1v) is 8.28. The van der Waals surface area contributed by atoms with Gasteiger partial charge in [-0.25, -0.2) is 9.97 Å². The average molecular weight is 334 g/mol. The molecule has 0 bridgehead atoms. The summed E-state index contributed by atoms with van der Waals surface area (Å²) in [5.74, 6) is 0.293. The molecule has 0 spiro atoms. The smallest absolute Gasteiger partial charge is 0.234 e. The van der Waals surface area contributed by atoms with Crippen LogP contribution in [0.25, 0.3) is 6.08 Å². The molecule has 1 fully saturated rings. The molecule has 1 saturated heterocycles. The summed E-state index contributed by atoms with van der Waals surface area (Å²) in [5.41, 5.74) is 3.68.